The van der Waals surface area contributed by atoms with Gasteiger partial charge in [0.15, 0.2) is 0 Å². The number of halogens is 1. The highest BCUT2D eigenvalue weighted by atomic mass is 19.1. The fraction of sp³-hybridized carbons (Fsp3) is 0.500. The van der Waals surface area contributed by atoms with Crippen LogP contribution in [0.25, 0.3) is 0 Å². The minimum Gasteiger partial charge on any atom is -0.444 e. The van der Waals surface area contributed by atoms with Gasteiger partial charge >= 0.3 is 6.09 Å². The summed E-state index contributed by atoms with van der Waals surface area (Å²) < 4.78 is 30.5. The van der Waals surface area contributed by atoms with E-state index in [-0.39, 0.29) is 31.0 Å². The number of benzene rings is 2. The van der Waals surface area contributed by atoms with Crippen LogP contribution in [0.3, 0.4) is 0 Å². The lowest BCUT2D eigenvalue weighted by Gasteiger charge is -2.43. The molecular weight excluding hydrogens is 463 g/mol. The van der Waals surface area contributed by atoms with E-state index in [0.29, 0.717) is 19.4 Å². The zero-order valence-electron chi connectivity index (χ0n) is 21.4. The number of ether oxygens (including phenoxy) is 3. The van der Waals surface area contributed by atoms with Crippen LogP contribution in [0.2, 0.25) is 0 Å². The molecular formula is C28H35FN2O5. The number of fused-ring (bicyclic) bond motifs is 1. The van der Waals surface area contributed by atoms with Crippen molar-refractivity contribution in [2.24, 2.45) is 0 Å². The minimum absolute atomic E-state index is 0.109. The molecule has 0 spiro atoms. The lowest BCUT2D eigenvalue weighted by Crippen LogP contribution is -2.60. The molecule has 1 saturated heterocycles. The predicted molar refractivity (Wildman–Crippen MR) is 133 cm³/mol. The maximum absolute atomic E-state index is 13.8. The normalized spacial score (nSPS) is 24.1. The first-order valence-corrected chi connectivity index (χ1v) is 12.4. The van der Waals surface area contributed by atoms with Gasteiger partial charge in [0, 0.05) is 13.7 Å². The Morgan fingerprint density at radius 2 is 1.89 bits per heavy atom. The molecule has 0 saturated carbocycles. The summed E-state index contributed by atoms with van der Waals surface area (Å²) in [6.45, 7) is 6.31. The SMILES string of the molecule is COC[C@]1(NC(=O)OC(C)(C)C)CC[C@@H](C(=O)N2CCc3ccccc3[C@@H]2c2ccc(F)cc2)OC1. The summed E-state index contributed by atoms with van der Waals surface area (Å²) in [7, 11) is 1.56. The molecule has 2 aliphatic heterocycles. The molecule has 194 valence electrons. The van der Waals surface area contributed by atoms with Crippen molar-refractivity contribution in [3.05, 3.63) is 71.0 Å². The summed E-state index contributed by atoms with van der Waals surface area (Å²) in [5.41, 5.74) is 1.67. The standard InChI is InChI=1S/C28H35FN2O5/c1-27(2,3)36-26(33)30-28(17-34-4)15-13-23(35-18-28)25(32)31-16-14-19-7-5-6-8-22(19)24(31)20-9-11-21(29)12-10-20/h5-12,23-24H,13-18H2,1-4H3,(H,30,33)/t23-,24-,28+/m0/s1. The number of carbonyl (C=O) groups is 2. The second-order valence-electron chi connectivity index (χ2n) is 10.6. The lowest BCUT2D eigenvalue weighted by molar-refractivity contribution is -0.153. The number of hydrogen-bond donors (Lipinski definition) is 1. The molecule has 7 nitrogen and oxygen atoms in total. The molecule has 0 aromatic heterocycles. The number of amides is 2. The van der Waals surface area contributed by atoms with Gasteiger partial charge in [0.05, 0.1) is 24.8 Å². The summed E-state index contributed by atoms with van der Waals surface area (Å²) in [4.78, 5) is 28.1. The highest BCUT2D eigenvalue weighted by Gasteiger charge is 2.43. The molecule has 0 radical (unpaired) electrons. The average Bonchev–Trinajstić information content (AvgIpc) is 2.83. The van der Waals surface area contributed by atoms with E-state index in [4.69, 9.17) is 14.2 Å². The van der Waals surface area contributed by atoms with Crippen molar-refractivity contribution in [3.8, 4) is 0 Å². The van der Waals surface area contributed by atoms with E-state index in [1.165, 1.54) is 17.7 Å². The zero-order chi connectivity index (χ0) is 25.9. The van der Waals surface area contributed by atoms with Crippen molar-refractivity contribution in [1.29, 1.82) is 0 Å². The summed E-state index contributed by atoms with van der Waals surface area (Å²) >= 11 is 0. The van der Waals surface area contributed by atoms with Gasteiger partial charge in [0.2, 0.25) is 0 Å². The van der Waals surface area contributed by atoms with Gasteiger partial charge in [-0.2, -0.15) is 0 Å². The van der Waals surface area contributed by atoms with E-state index in [1.54, 1.807) is 40.0 Å². The number of hydrogen-bond acceptors (Lipinski definition) is 5. The number of rotatable bonds is 5. The second-order valence-corrected chi connectivity index (χ2v) is 10.6. The highest BCUT2D eigenvalue weighted by molar-refractivity contribution is 5.82. The van der Waals surface area contributed by atoms with Crippen molar-refractivity contribution in [3.63, 3.8) is 0 Å². The number of nitrogens with zero attached hydrogens (tertiary/aromatic N) is 1. The maximum Gasteiger partial charge on any atom is 0.408 e. The Morgan fingerprint density at radius 1 is 1.17 bits per heavy atom. The summed E-state index contributed by atoms with van der Waals surface area (Å²) in [6.07, 6.45) is 0.467. The van der Waals surface area contributed by atoms with E-state index in [2.05, 4.69) is 11.4 Å². The Morgan fingerprint density at radius 3 is 2.53 bits per heavy atom. The van der Waals surface area contributed by atoms with E-state index >= 15 is 0 Å². The monoisotopic (exact) mass is 498 g/mol. The first-order valence-electron chi connectivity index (χ1n) is 12.4. The van der Waals surface area contributed by atoms with Crippen LogP contribution in [0, 0.1) is 5.82 Å². The Labute approximate surface area is 211 Å². The van der Waals surface area contributed by atoms with Crippen molar-refractivity contribution < 1.29 is 28.2 Å². The molecule has 1 N–H and O–H groups in total. The van der Waals surface area contributed by atoms with Gasteiger partial charge in [-0.15, -0.1) is 0 Å². The zero-order valence-corrected chi connectivity index (χ0v) is 21.4. The average molecular weight is 499 g/mol. The predicted octanol–water partition coefficient (Wildman–Crippen LogP) is 4.39. The van der Waals surface area contributed by atoms with E-state index in [9.17, 15) is 14.0 Å². The van der Waals surface area contributed by atoms with Crippen molar-refractivity contribution in [2.75, 3.05) is 26.9 Å². The first kappa shape index (κ1) is 26.1. The molecule has 1 fully saturated rings. The van der Waals surface area contributed by atoms with Crippen LogP contribution in [0.5, 0.6) is 0 Å². The summed E-state index contributed by atoms with van der Waals surface area (Å²) in [5, 5.41) is 2.91. The van der Waals surface area contributed by atoms with Crippen LogP contribution in [-0.2, 0) is 25.4 Å². The van der Waals surface area contributed by atoms with Gasteiger partial charge in [-0.05, 0) is 68.9 Å². The minimum atomic E-state index is -0.779. The Bertz CT molecular complexity index is 1070. The Hall–Kier alpha value is -2.97. The largest absolute Gasteiger partial charge is 0.444 e. The van der Waals surface area contributed by atoms with Crippen LogP contribution < -0.4 is 5.32 Å². The number of nitrogens with one attached hydrogen (secondary N) is 1. The van der Waals surface area contributed by atoms with Crippen LogP contribution in [0.4, 0.5) is 9.18 Å². The van der Waals surface area contributed by atoms with Crippen LogP contribution in [0.15, 0.2) is 48.5 Å². The molecule has 2 aliphatic rings. The molecule has 4 rings (SSSR count). The van der Waals surface area contributed by atoms with Crippen molar-refractivity contribution in [2.45, 2.75) is 63.3 Å². The molecule has 0 unspecified atom stereocenters. The second kappa shape index (κ2) is 10.6. The number of methoxy groups -OCH3 is 1. The summed E-state index contributed by atoms with van der Waals surface area (Å²) in [5.74, 6) is -0.426. The van der Waals surface area contributed by atoms with Crippen LogP contribution >= 0.6 is 0 Å². The smallest absolute Gasteiger partial charge is 0.408 e. The Balaban J connectivity index is 1.51. The molecule has 2 aromatic carbocycles. The highest BCUT2D eigenvalue weighted by Crippen LogP contribution is 2.37. The molecule has 8 heteroatoms. The van der Waals surface area contributed by atoms with Gasteiger partial charge in [0.25, 0.3) is 5.91 Å². The lowest BCUT2D eigenvalue weighted by atomic mass is 9.86. The topological polar surface area (TPSA) is 77.1 Å². The third-order valence-corrected chi connectivity index (χ3v) is 6.66. The molecule has 2 aromatic rings. The van der Waals surface area contributed by atoms with Gasteiger partial charge < -0.3 is 24.4 Å². The van der Waals surface area contributed by atoms with E-state index < -0.39 is 23.3 Å². The van der Waals surface area contributed by atoms with Gasteiger partial charge in [0.1, 0.15) is 17.5 Å². The maximum atomic E-state index is 13.8. The fourth-order valence-electron chi connectivity index (χ4n) is 5.06. The van der Waals surface area contributed by atoms with Gasteiger partial charge in [-0.25, -0.2) is 9.18 Å². The molecule has 36 heavy (non-hydrogen) atoms. The molecule has 2 amide bonds. The van der Waals surface area contributed by atoms with Crippen LogP contribution in [0.1, 0.15) is 56.3 Å². The molecule has 0 bridgehead atoms. The fourth-order valence-corrected chi connectivity index (χ4v) is 5.06. The first-order chi connectivity index (χ1) is 17.1. The molecule has 0 aliphatic carbocycles. The van der Waals surface area contributed by atoms with Gasteiger partial charge in [-0.1, -0.05) is 36.4 Å². The van der Waals surface area contributed by atoms with Crippen LogP contribution in [-0.4, -0.2) is 61.0 Å². The van der Waals surface area contributed by atoms with E-state index in [0.717, 1.165) is 17.5 Å². The third-order valence-electron chi connectivity index (χ3n) is 6.66. The number of carbonyl (C=O) groups excluding carboxylic acids is 2. The molecule has 2 heterocycles. The third kappa shape index (κ3) is 5.87. The van der Waals surface area contributed by atoms with E-state index in [1.807, 2.05) is 23.1 Å². The summed E-state index contributed by atoms with van der Waals surface area (Å²) in [6, 6.07) is 14.1. The number of alkyl carbamates (subject to hydrolysis) is 1. The quantitative estimate of drug-likeness (QED) is 0.662. The van der Waals surface area contributed by atoms with Crippen molar-refractivity contribution >= 4 is 12.0 Å². The van der Waals surface area contributed by atoms with Gasteiger partial charge in [-0.3, -0.25) is 4.79 Å². The Kier molecular flexibility index (Phi) is 7.66. The van der Waals surface area contributed by atoms with Crippen molar-refractivity contribution in [1.82, 2.24) is 10.2 Å². The molecule has 3 atom stereocenters.